The first-order chi connectivity index (χ1) is 14.0. The highest BCUT2D eigenvalue weighted by atomic mass is 16.5. The molecule has 3 rings (SSSR count). The van der Waals surface area contributed by atoms with Gasteiger partial charge in [0.15, 0.2) is 0 Å². The maximum absolute atomic E-state index is 12.8. The molecule has 1 aliphatic heterocycles. The zero-order chi connectivity index (χ0) is 21.0. The van der Waals surface area contributed by atoms with Gasteiger partial charge in [-0.15, -0.1) is 6.58 Å². The van der Waals surface area contributed by atoms with E-state index < -0.39 is 17.7 Å². The smallest absolute Gasteiger partial charge is 0.295 e. The van der Waals surface area contributed by atoms with Crippen molar-refractivity contribution in [3.8, 4) is 11.5 Å². The Labute approximate surface area is 169 Å². The predicted octanol–water partition coefficient (Wildman–Crippen LogP) is 3.70. The molecule has 150 valence electrons. The van der Waals surface area contributed by atoms with E-state index in [1.165, 1.54) is 4.90 Å². The summed E-state index contributed by atoms with van der Waals surface area (Å²) in [7, 11) is 1.56. The molecular formula is C23H23NO5. The quantitative estimate of drug-likeness (QED) is 0.336. The van der Waals surface area contributed by atoms with Crippen molar-refractivity contribution in [2.75, 3.05) is 20.3 Å². The summed E-state index contributed by atoms with van der Waals surface area (Å²) < 4.78 is 10.6. The van der Waals surface area contributed by atoms with E-state index in [1.54, 1.807) is 61.7 Å². The van der Waals surface area contributed by atoms with Gasteiger partial charge in [-0.1, -0.05) is 18.2 Å². The van der Waals surface area contributed by atoms with Crippen molar-refractivity contribution >= 4 is 17.4 Å². The molecule has 2 aromatic rings. The van der Waals surface area contributed by atoms with Crippen molar-refractivity contribution in [3.05, 3.63) is 77.9 Å². The minimum absolute atomic E-state index is 0.0474. The first-order valence-electron chi connectivity index (χ1n) is 9.28. The van der Waals surface area contributed by atoms with Gasteiger partial charge < -0.3 is 19.5 Å². The number of methoxy groups -OCH3 is 1. The molecule has 0 saturated carbocycles. The average molecular weight is 393 g/mol. The van der Waals surface area contributed by atoms with Crippen LogP contribution in [-0.2, 0) is 9.59 Å². The van der Waals surface area contributed by atoms with Gasteiger partial charge in [0, 0.05) is 12.1 Å². The number of likely N-dealkylation sites (tertiary alicyclic amines) is 1. The molecule has 0 spiro atoms. The van der Waals surface area contributed by atoms with Crippen LogP contribution in [0.4, 0.5) is 0 Å². The zero-order valence-electron chi connectivity index (χ0n) is 16.4. The summed E-state index contributed by atoms with van der Waals surface area (Å²) in [4.78, 5) is 26.8. The number of hydrogen-bond donors (Lipinski definition) is 1. The molecule has 6 heteroatoms. The SMILES string of the molecule is C=CCN1C(=O)C(=O)C(=C(O)c2ccc(OCC)cc2)[C@@H]1c1ccc(OC)cc1. The van der Waals surface area contributed by atoms with E-state index in [4.69, 9.17) is 9.47 Å². The molecule has 1 fully saturated rings. The van der Waals surface area contributed by atoms with E-state index in [1.807, 2.05) is 6.92 Å². The lowest BCUT2D eigenvalue weighted by molar-refractivity contribution is -0.139. The number of aliphatic hydroxyl groups excluding tert-OH is 1. The van der Waals surface area contributed by atoms with E-state index in [9.17, 15) is 14.7 Å². The average Bonchev–Trinajstić information content (AvgIpc) is 2.99. The van der Waals surface area contributed by atoms with Gasteiger partial charge in [-0.3, -0.25) is 9.59 Å². The van der Waals surface area contributed by atoms with E-state index in [-0.39, 0.29) is 17.9 Å². The molecule has 0 radical (unpaired) electrons. The van der Waals surface area contributed by atoms with E-state index >= 15 is 0 Å². The number of carbonyl (C=O) groups excluding carboxylic acids is 2. The van der Waals surface area contributed by atoms with Gasteiger partial charge in [0.2, 0.25) is 0 Å². The van der Waals surface area contributed by atoms with Crippen LogP contribution >= 0.6 is 0 Å². The second-order valence-electron chi connectivity index (χ2n) is 6.47. The first kappa shape index (κ1) is 20.2. The van der Waals surface area contributed by atoms with Gasteiger partial charge in [-0.25, -0.2) is 0 Å². The van der Waals surface area contributed by atoms with Gasteiger partial charge in [0.25, 0.3) is 11.7 Å². The van der Waals surface area contributed by atoms with Gasteiger partial charge in [0.05, 0.1) is 25.3 Å². The number of nitrogens with zero attached hydrogens (tertiary/aromatic N) is 1. The van der Waals surface area contributed by atoms with Crippen LogP contribution in [0.1, 0.15) is 24.1 Å². The normalized spacial score (nSPS) is 18.0. The monoisotopic (exact) mass is 393 g/mol. The molecule has 0 unspecified atom stereocenters. The second-order valence-corrected chi connectivity index (χ2v) is 6.47. The van der Waals surface area contributed by atoms with E-state index in [0.29, 0.717) is 29.2 Å². The zero-order valence-corrected chi connectivity index (χ0v) is 16.4. The minimum Gasteiger partial charge on any atom is -0.507 e. The van der Waals surface area contributed by atoms with Crippen LogP contribution < -0.4 is 9.47 Å². The van der Waals surface area contributed by atoms with Crippen LogP contribution in [0.3, 0.4) is 0 Å². The highest BCUT2D eigenvalue weighted by molar-refractivity contribution is 6.46. The number of hydrogen-bond acceptors (Lipinski definition) is 5. The van der Waals surface area contributed by atoms with Crippen molar-refractivity contribution in [2.24, 2.45) is 0 Å². The summed E-state index contributed by atoms with van der Waals surface area (Å²) >= 11 is 0. The maximum Gasteiger partial charge on any atom is 0.295 e. The Morgan fingerprint density at radius 3 is 2.28 bits per heavy atom. The van der Waals surface area contributed by atoms with Gasteiger partial charge in [-0.2, -0.15) is 0 Å². The molecule has 1 N–H and O–H groups in total. The van der Waals surface area contributed by atoms with Gasteiger partial charge >= 0.3 is 0 Å². The molecule has 6 nitrogen and oxygen atoms in total. The van der Waals surface area contributed by atoms with E-state index in [0.717, 1.165) is 0 Å². The first-order valence-corrected chi connectivity index (χ1v) is 9.28. The number of benzene rings is 2. The predicted molar refractivity (Wildman–Crippen MR) is 110 cm³/mol. The number of carbonyl (C=O) groups is 2. The number of ether oxygens (including phenoxy) is 2. The Bertz CT molecular complexity index is 944. The van der Waals surface area contributed by atoms with Crippen LogP contribution in [0.15, 0.2) is 66.8 Å². The Morgan fingerprint density at radius 1 is 1.10 bits per heavy atom. The highest BCUT2D eigenvalue weighted by Gasteiger charge is 2.45. The number of rotatable bonds is 7. The van der Waals surface area contributed by atoms with Crippen LogP contribution in [-0.4, -0.2) is 42.0 Å². The topological polar surface area (TPSA) is 76.1 Å². The largest absolute Gasteiger partial charge is 0.507 e. The molecule has 1 saturated heterocycles. The van der Waals surface area contributed by atoms with Crippen LogP contribution in [0.2, 0.25) is 0 Å². The minimum atomic E-state index is -0.723. The van der Waals surface area contributed by atoms with Crippen LogP contribution in [0, 0.1) is 0 Å². The lowest BCUT2D eigenvalue weighted by Crippen LogP contribution is -2.29. The lowest BCUT2D eigenvalue weighted by Gasteiger charge is -2.24. The maximum atomic E-state index is 12.8. The summed E-state index contributed by atoms with van der Waals surface area (Å²) in [5, 5.41) is 10.9. The lowest BCUT2D eigenvalue weighted by atomic mass is 9.95. The molecule has 1 heterocycles. The fraction of sp³-hybridized carbons (Fsp3) is 0.217. The summed E-state index contributed by atoms with van der Waals surface area (Å²) in [5.74, 6) is -0.306. The summed E-state index contributed by atoms with van der Waals surface area (Å²) in [5.41, 5.74) is 1.18. The molecule has 1 amide bonds. The fourth-order valence-electron chi connectivity index (χ4n) is 3.37. The van der Waals surface area contributed by atoms with Crippen LogP contribution in [0.25, 0.3) is 5.76 Å². The third kappa shape index (κ3) is 3.87. The van der Waals surface area contributed by atoms with E-state index in [2.05, 4.69) is 6.58 Å². The Balaban J connectivity index is 2.10. The standard InChI is InChI=1S/C23H23NO5/c1-4-14-24-20(15-6-10-17(28-3)11-7-15)19(22(26)23(24)27)21(25)16-8-12-18(13-9-16)29-5-2/h4,6-13,20,25H,1,5,14H2,2-3H3/t20-/m0/s1. The molecule has 0 aliphatic carbocycles. The molecular weight excluding hydrogens is 370 g/mol. The number of ketones is 1. The third-order valence-electron chi connectivity index (χ3n) is 4.74. The molecule has 1 aliphatic rings. The molecule has 29 heavy (non-hydrogen) atoms. The second kappa shape index (κ2) is 8.65. The highest BCUT2D eigenvalue weighted by Crippen LogP contribution is 2.39. The molecule has 1 atom stereocenters. The van der Waals surface area contributed by atoms with Gasteiger partial charge in [-0.05, 0) is 48.9 Å². The van der Waals surface area contributed by atoms with Crippen molar-refractivity contribution in [3.63, 3.8) is 0 Å². The fourth-order valence-corrected chi connectivity index (χ4v) is 3.37. The Kier molecular flexibility index (Phi) is 6.02. The van der Waals surface area contributed by atoms with Gasteiger partial charge in [0.1, 0.15) is 17.3 Å². The molecule has 0 aromatic heterocycles. The van der Waals surface area contributed by atoms with Crippen LogP contribution in [0.5, 0.6) is 11.5 Å². The number of aliphatic hydroxyl groups is 1. The molecule has 0 bridgehead atoms. The van der Waals surface area contributed by atoms with Crippen molar-refractivity contribution in [2.45, 2.75) is 13.0 Å². The number of Topliss-reactive ketones (excluding diaryl/α,β-unsaturated/α-hetero) is 1. The third-order valence-corrected chi connectivity index (χ3v) is 4.74. The summed E-state index contributed by atoms with van der Waals surface area (Å²) in [6.45, 7) is 6.26. The summed E-state index contributed by atoms with van der Waals surface area (Å²) in [6.07, 6.45) is 1.55. The van der Waals surface area contributed by atoms with Crippen molar-refractivity contribution < 1.29 is 24.2 Å². The van der Waals surface area contributed by atoms with Crippen molar-refractivity contribution in [1.29, 1.82) is 0 Å². The Morgan fingerprint density at radius 2 is 1.72 bits per heavy atom. The molecule has 2 aromatic carbocycles. The number of amides is 1. The summed E-state index contributed by atoms with van der Waals surface area (Å²) in [6, 6.07) is 13.1. The Hall–Kier alpha value is -3.54. The van der Waals surface area contributed by atoms with Crippen molar-refractivity contribution in [1.82, 2.24) is 4.90 Å².